The van der Waals surface area contributed by atoms with E-state index in [9.17, 15) is 4.79 Å². The molecule has 1 nitrogen and oxygen atoms in total. The van der Waals surface area contributed by atoms with Crippen molar-refractivity contribution >= 4 is 11.9 Å². The zero-order valence-corrected chi connectivity index (χ0v) is 7.49. The van der Waals surface area contributed by atoms with Crippen molar-refractivity contribution in [1.82, 2.24) is 0 Å². The standard InChI is InChI=1S/C12H12O/c1-2-9-3-5-10(6-4-9)12(13)11-7-8-11/h2-6,11H,1,7-8H2. The number of carbonyl (C=O) groups is 1. The van der Waals surface area contributed by atoms with Gasteiger partial charge in [0.1, 0.15) is 0 Å². The molecule has 0 aliphatic heterocycles. The van der Waals surface area contributed by atoms with Crippen molar-refractivity contribution in [3.05, 3.63) is 42.0 Å². The molecule has 0 bridgehead atoms. The Morgan fingerprint density at radius 2 is 1.92 bits per heavy atom. The highest BCUT2D eigenvalue weighted by molar-refractivity contribution is 5.99. The Bertz CT molecular complexity index is 331. The fourth-order valence-electron chi connectivity index (χ4n) is 1.36. The Kier molecular flexibility index (Phi) is 2.01. The van der Waals surface area contributed by atoms with E-state index in [-0.39, 0.29) is 0 Å². The van der Waals surface area contributed by atoms with Gasteiger partial charge in [0, 0.05) is 11.5 Å². The third kappa shape index (κ3) is 1.69. The van der Waals surface area contributed by atoms with Crippen molar-refractivity contribution in [3.8, 4) is 0 Å². The zero-order valence-electron chi connectivity index (χ0n) is 7.49. The molecule has 1 aliphatic carbocycles. The molecule has 13 heavy (non-hydrogen) atoms. The summed E-state index contributed by atoms with van der Waals surface area (Å²) < 4.78 is 0. The molecule has 0 N–H and O–H groups in total. The number of benzene rings is 1. The van der Waals surface area contributed by atoms with Crippen LogP contribution >= 0.6 is 0 Å². The maximum absolute atomic E-state index is 11.6. The topological polar surface area (TPSA) is 17.1 Å². The monoisotopic (exact) mass is 172 g/mol. The molecule has 0 heterocycles. The van der Waals surface area contributed by atoms with E-state index in [1.807, 2.05) is 24.3 Å². The second-order valence-corrected chi connectivity index (χ2v) is 3.46. The lowest BCUT2D eigenvalue weighted by molar-refractivity contribution is 0.0967. The van der Waals surface area contributed by atoms with E-state index in [1.165, 1.54) is 0 Å². The van der Waals surface area contributed by atoms with E-state index in [1.54, 1.807) is 6.08 Å². The first-order valence-corrected chi connectivity index (χ1v) is 4.58. The smallest absolute Gasteiger partial charge is 0.165 e. The summed E-state index contributed by atoms with van der Waals surface area (Å²) in [4.78, 5) is 11.6. The Hall–Kier alpha value is -1.37. The van der Waals surface area contributed by atoms with Crippen molar-refractivity contribution in [2.75, 3.05) is 0 Å². The van der Waals surface area contributed by atoms with E-state index >= 15 is 0 Å². The van der Waals surface area contributed by atoms with Crippen LogP contribution in [0.1, 0.15) is 28.8 Å². The van der Waals surface area contributed by atoms with Crippen molar-refractivity contribution < 1.29 is 4.79 Å². The molecule has 0 aromatic heterocycles. The van der Waals surface area contributed by atoms with Gasteiger partial charge in [-0.15, -0.1) is 0 Å². The van der Waals surface area contributed by atoms with Crippen LogP contribution in [-0.2, 0) is 0 Å². The molecule has 66 valence electrons. The average molecular weight is 172 g/mol. The highest BCUT2D eigenvalue weighted by Crippen LogP contribution is 2.32. The van der Waals surface area contributed by atoms with Gasteiger partial charge in [-0.2, -0.15) is 0 Å². The van der Waals surface area contributed by atoms with E-state index in [2.05, 4.69) is 6.58 Å². The number of carbonyl (C=O) groups excluding carboxylic acids is 1. The first kappa shape index (κ1) is 8.24. The second kappa shape index (κ2) is 3.17. The molecule has 0 spiro atoms. The first-order valence-electron chi connectivity index (χ1n) is 4.58. The molecule has 0 atom stereocenters. The summed E-state index contributed by atoms with van der Waals surface area (Å²) in [6, 6.07) is 7.64. The van der Waals surface area contributed by atoms with Crippen LogP contribution in [0, 0.1) is 5.92 Å². The van der Waals surface area contributed by atoms with Gasteiger partial charge in [0.15, 0.2) is 5.78 Å². The Balaban J connectivity index is 2.21. The molecule has 0 unspecified atom stereocenters. The molecule has 1 aromatic rings. The minimum atomic E-state index is 0.301. The lowest BCUT2D eigenvalue weighted by Crippen LogP contribution is -2.00. The van der Waals surface area contributed by atoms with Crippen LogP contribution < -0.4 is 0 Å². The van der Waals surface area contributed by atoms with E-state index in [0.717, 1.165) is 24.0 Å². The molecular formula is C12H12O. The number of rotatable bonds is 3. The van der Waals surface area contributed by atoms with Crippen LogP contribution in [0.5, 0.6) is 0 Å². The maximum Gasteiger partial charge on any atom is 0.165 e. The molecule has 1 saturated carbocycles. The largest absolute Gasteiger partial charge is 0.294 e. The maximum atomic E-state index is 11.6. The Morgan fingerprint density at radius 3 is 2.38 bits per heavy atom. The highest BCUT2D eigenvalue weighted by atomic mass is 16.1. The van der Waals surface area contributed by atoms with Crippen LogP contribution in [0.3, 0.4) is 0 Å². The minimum absolute atomic E-state index is 0.301. The van der Waals surface area contributed by atoms with Gasteiger partial charge in [-0.05, 0) is 18.4 Å². The van der Waals surface area contributed by atoms with Crippen LogP contribution in [0.2, 0.25) is 0 Å². The average Bonchev–Trinajstić information content (AvgIpc) is 3.00. The van der Waals surface area contributed by atoms with Gasteiger partial charge in [-0.25, -0.2) is 0 Å². The van der Waals surface area contributed by atoms with Crippen LogP contribution in [-0.4, -0.2) is 5.78 Å². The van der Waals surface area contributed by atoms with Gasteiger partial charge in [0.2, 0.25) is 0 Å². The van der Waals surface area contributed by atoms with E-state index in [0.29, 0.717) is 11.7 Å². The predicted octanol–water partition coefficient (Wildman–Crippen LogP) is 2.92. The van der Waals surface area contributed by atoms with E-state index in [4.69, 9.17) is 0 Å². The summed E-state index contributed by atoms with van der Waals surface area (Å²) in [5, 5.41) is 0. The summed E-state index contributed by atoms with van der Waals surface area (Å²) in [5.74, 6) is 0.616. The van der Waals surface area contributed by atoms with Crippen LogP contribution in [0.4, 0.5) is 0 Å². The third-order valence-corrected chi connectivity index (χ3v) is 2.38. The summed E-state index contributed by atoms with van der Waals surface area (Å²) in [7, 11) is 0. The Labute approximate surface area is 78.1 Å². The quantitative estimate of drug-likeness (QED) is 0.641. The summed E-state index contributed by atoms with van der Waals surface area (Å²) in [5.41, 5.74) is 1.90. The fraction of sp³-hybridized carbons (Fsp3) is 0.250. The third-order valence-electron chi connectivity index (χ3n) is 2.38. The van der Waals surface area contributed by atoms with Gasteiger partial charge in [-0.3, -0.25) is 4.79 Å². The van der Waals surface area contributed by atoms with Crippen LogP contribution in [0.25, 0.3) is 6.08 Å². The molecular weight excluding hydrogens is 160 g/mol. The SMILES string of the molecule is C=Cc1ccc(C(=O)C2CC2)cc1. The molecule has 1 fully saturated rings. The van der Waals surface area contributed by atoms with Crippen molar-refractivity contribution in [2.24, 2.45) is 5.92 Å². The number of hydrogen-bond donors (Lipinski definition) is 0. The van der Waals surface area contributed by atoms with Gasteiger partial charge in [0.25, 0.3) is 0 Å². The van der Waals surface area contributed by atoms with Gasteiger partial charge >= 0.3 is 0 Å². The Morgan fingerprint density at radius 1 is 1.31 bits per heavy atom. The van der Waals surface area contributed by atoms with Gasteiger partial charge in [0.05, 0.1) is 0 Å². The molecule has 0 amide bonds. The lowest BCUT2D eigenvalue weighted by atomic mass is 10.1. The molecule has 1 heteroatoms. The van der Waals surface area contributed by atoms with Crippen LogP contribution in [0.15, 0.2) is 30.8 Å². The summed E-state index contributed by atoms with van der Waals surface area (Å²) in [6.07, 6.45) is 3.93. The molecule has 1 aliphatic rings. The van der Waals surface area contributed by atoms with Crippen molar-refractivity contribution in [2.45, 2.75) is 12.8 Å². The highest BCUT2D eigenvalue weighted by Gasteiger charge is 2.30. The fourth-order valence-corrected chi connectivity index (χ4v) is 1.36. The minimum Gasteiger partial charge on any atom is -0.294 e. The normalized spacial score (nSPS) is 15.4. The number of hydrogen-bond acceptors (Lipinski definition) is 1. The molecule has 1 aromatic carbocycles. The molecule has 0 saturated heterocycles. The van der Waals surface area contributed by atoms with Gasteiger partial charge in [-0.1, -0.05) is 36.9 Å². The summed E-state index contributed by atoms with van der Waals surface area (Å²) >= 11 is 0. The van der Waals surface area contributed by atoms with Crippen molar-refractivity contribution in [3.63, 3.8) is 0 Å². The van der Waals surface area contributed by atoms with Gasteiger partial charge < -0.3 is 0 Å². The molecule has 2 rings (SSSR count). The van der Waals surface area contributed by atoms with Crippen molar-refractivity contribution in [1.29, 1.82) is 0 Å². The van der Waals surface area contributed by atoms with E-state index < -0.39 is 0 Å². The lowest BCUT2D eigenvalue weighted by Gasteiger charge is -1.98. The second-order valence-electron chi connectivity index (χ2n) is 3.46. The number of ketones is 1. The zero-order chi connectivity index (χ0) is 9.26. The number of Topliss-reactive ketones (excluding diaryl/α,β-unsaturated/α-hetero) is 1. The predicted molar refractivity (Wildman–Crippen MR) is 53.6 cm³/mol. The molecule has 0 radical (unpaired) electrons. The first-order chi connectivity index (χ1) is 6.31. The summed E-state index contributed by atoms with van der Waals surface area (Å²) in [6.45, 7) is 3.67.